The molecule has 124 valence electrons. The van der Waals surface area contributed by atoms with Crippen molar-refractivity contribution in [3.05, 3.63) is 52.0 Å². The van der Waals surface area contributed by atoms with Gasteiger partial charge in [0.05, 0.1) is 12.1 Å². The van der Waals surface area contributed by atoms with Crippen LogP contribution in [0.25, 0.3) is 0 Å². The van der Waals surface area contributed by atoms with Crippen LogP contribution in [0.4, 0.5) is 10.1 Å². The number of carbonyl (C=O) groups excluding carboxylic acids is 2. The second kappa shape index (κ2) is 6.92. The van der Waals surface area contributed by atoms with E-state index < -0.39 is 5.92 Å². The first kappa shape index (κ1) is 16.3. The van der Waals surface area contributed by atoms with Crippen LogP contribution < -0.4 is 10.3 Å². The van der Waals surface area contributed by atoms with Crippen LogP contribution in [0.3, 0.4) is 0 Å². The fourth-order valence-corrected chi connectivity index (χ4v) is 3.28. The van der Waals surface area contributed by atoms with E-state index in [4.69, 9.17) is 0 Å². The minimum Gasteiger partial charge on any atom is -0.312 e. The quantitative estimate of drug-likeness (QED) is 0.684. The molecule has 1 fully saturated rings. The SMILES string of the molecule is Cc1ccc(/C=N\NC(=O)[C@H]2CC(=O)N(c3ccc(F)cc3)C2)s1. The highest BCUT2D eigenvalue weighted by atomic mass is 32.1. The minimum atomic E-state index is -0.468. The number of benzene rings is 1. The lowest BCUT2D eigenvalue weighted by Crippen LogP contribution is -2.30. The van der Waals surface area contributed by atoms with Crippen LogP contribution >= 0.6 is 11.3 Å². The normalized spacial score (nSPS) is 17.7. The Morgan fingerprint density at radius 1 is 1.33 bits per heavy atom. The monoisotopic (exact) mass is 345 g/mol. The number of hydrogen-bond acceptors (Lipinski definition) is 4. The molecule has 7 heteroatoms. The van der Waals surface area contributed by atoms with Crippen molar-refractivity contribution in [2.75, 3.05) is 11.4 Å². The minimum absolute atomic E-state index is 0.122. The summed E-state index contributed by atoms with van der Waals surface area (Å²) in [5, 5.41) is 3.94. The Kier molecular flexibility index (Phi) is 4.71. The molecular weight excluding hydrogens is 329 g/mol. The van der Waals surface area contributed by atoms with E-state index in [0.717, 1.165) is 4.88 Å². The molecule has 5 nitrogen and oxygen atoms in total. The zero-order chi connectivity index (χ0) is 17.1. The third-order valence-electron chi connectivity index (χ3n) is 3.76. The predicted molar refractivity (Wildman–Crippen MR) is 91.7 cm³/mol. The van der Waals surface area contributed by atoms with Crippen molar-refractivity contribution in [3.63, 3.8) is 0 Å². The van der Waals surface area contributed by atoms with Crippen molar-refractivity contribution >= 4 is 35.1 Å². The molecule has 1 N–H and O–H groups in total. The molecule has 0 spiro atoms. The first-order valence-corrected chi connectivity index (χ1v) is 8.30. The first-order valence-electron chi connectivity index (χ1n) is 7.48. The van der Waals surface area contributed by atoms with E-state index in [-0.39, 0.29) is 30.6 Å². The lowest BCUT2D eigenvalue weighted by atomic mass is 10.1. The third kappa shape index (κ3) is 3.68. The van der Waals surface area contributed by atoms with Gasteiger partial charge in [-0.05, 0) is 43.3 Å². The summed E-state index contributed by atoms with van der Waals surface area (Å²) >= 11 is 1.58. The van der Waals surface area contributed by atoms with E-state index in [0.29, 0.717) is 5.69 Å². The van der Waals surface area contributed by atoms with Crippen LogP contribution in [0.15, 0.2) is 41.5 Å². The first-order chi connectivity index (χ1) is 11.5. The van der Waals surface area contributed by atoms with Crippen LogP contribution in [-0.4, -0.2) is 24.6 Å². The average molecular weight is 345 g/mol. The number of halogens is 1. The number of rotatable bonds is 4. The Balaban J connectivity index is 1.59. The summed E-state index contributed by atoms with van der Waals surface area (Å²) in [4.78, 5) is 27.9. The van der Waals surface area contributed by atoms with E-state index >= 15 is 0 Å². The fourth-order valence-electron chi connectivity index (χ4n) is 2.53. The van der Waals surface area contributed by atoms with E-state index in [2.05, 4.69) is 10.5 Å². The van der Waals surface area contributed by atoms with Gasteiger partial charge in [-0.1, -0.05) is 0 Å². The molecule has 1 atom stereocenters. The molecule has 2 amide bonds. The van der Waals surface area contributed by atoms with Gasteiger partial charge in [-0.15, -0.1) is 11.3 Å². The summed E-state index contributed by atoms with van der Waals surface area (Å²) in [6, 6.07) is 9.55. The molecule has 1 aliphatic heterocycles. The topological polar surface area (TPSA) is 61.8 Å². The largest absolute Gasteiger partial charge is 0.312 e. The maximum atomic E-state index is 13.0. The molecule has 2 aromatic rings. The maximum Gasteiger partial charge on any atom is 0.245 e. The van der Waals surface area contributed by atoms with Crippen molar-refractivity contribution in [2.24, 2.45) is 11.0 Å². The Labute approximate surface area is 142 Å². The molecule has 1 aromatic carbocycles. The number of carbonyl (C=O) groups is 2. The lowest BCUT2D eigenvalue weighted by molar-refractivity contribution is -0.126. The standard InChI is InChI=1S/C17H16FN3O2S/c1-11-2-7-15(24-11)9-19-20-17(23)12-8-16(22)21(10-12)14-5-3-13(18)4-6-14/h2-7,9,12H,8,10H2,1H3,(H,20,23)/b19-9-/t12-/m0/s1. The number of aryl methyl sites for hydroxylation is 1. The van der Waals surface area contributed by atoms with E-state index in [1.54, 1.807) is 17.6 Å². The van der Waals surface area contributed by atoms with E-state index in [1.807, 2.05) is 19.1 Å². The summed E-state index contributed by atoms with van der Waals surface area (Å²) in [6.45, 7) is 2.26. The molecule has 1 aliphatic rings. The molecule has 24 heavy (non-hydrogen) atoms. The van der Waals surface area contributed by atoms with Gasteiger partial charge in [0.2, 0.25) is 11.8 Å². The number of thiophene rings is 1. The molecule has 2 heterocycles. The fraction of sp³-hybridized carbons (Fsp3) is 0.235. The van der Waals surface area contributed by atoms with Gasteiger partial charge in [-0.25, -0.2) is 9.82 Å². The highest BCUT2D eigenvalue weighted by molar-refractivity contribution is 7.13. The Bertz CT molecular complexity index is 785. The van der Waals surface area contributed by atoms with Gasteiger partial charge in [-0.3, -0.25) is 9.59 Å². The number of nitrogens with zero attached hydrogens (tertiary/aromatic N) is 2. The highest BCUT2D eigenvalue weighted by Gasteiger charge is 2.35. The van der Waals surface area contributed by atoms with Gasteiger partial charge in [0.15, 0.2) is 0 Å². The van der Waals surface area contributed by atoms with Crippen molar-refractivity contribution in [1.82, 2.24) is 5.43 Å². The molecule has 0 saturated carbocycles. The van der Waals surface area contributed by atoms with Crippen LogP contribution in [0, 0.1) is 18.7 Å². The Morgan fingerprint density at radius 2 is 2.08 bits per heavy atom. The van der Waals surface area contributed by atoms with Gasteiger partial charge in [0, 0.05) is 28.4 Å². The summed E-state index contributed by atoms with van der Waals surface area (Å²) < 4.78 is 13.0. The van der Waals surface area contributed by atoms with Crippen LogP contribution in [0.5, 0.6) is 0 Å². The van der Waals surface area contributed by atoms with Gasteiger partial charge in [0.1, 0.15) is 5.82 Å². The highest BCUT2D eigenvalue weighted by Crippen LogP contribution is 2.25. The summed E-state index contributed by atoms with van der Waals surface area (Å²) in [7, 11) is 0. The molecular formula is C17H16FN3O2S. The predicted octanol–water partition coefficient (Wildman–Crippen LogP) is 2.70. The molecule has 1 aromatic heterocycles. The molecule has 0 unspecified atom stereocenters. The number of nitrogens with one attached hydrogen (secondary N) is 1. The molecule has 0 radical (unpaired) electrons. The molecule has 1 saturated heterocycles. The van der Waals surface area contributed by atoms with Crippen molar-refractivity contribution < 1.29 is 14.0 Å². The van der Waals surface area contributed by atoms with Gasteiger partial charge in [-0.2, -0.15) is 5.10 Å². The number of amides is 2. The number of hydrazone groups is 1. The van der Waals surface area contributed by atoms with Gasteiger partial charge < -0.3 is 4.90 Å². The maximum absolute atomic E-state index is 13.0. The zero-order valence-electron chi connectivity index (χ0n) is 13.0. The van der Waals surface area contributed by atoms with Gasteiger partial charge >= 0.3 is 0 Å². The smallest absolute Gasteiger partial charge is 0.245 e. The zero-order valence-corrected chi connectivity index (χ0v) is 13.8. The molecule has 0 aliphatic carbocycles. The number of anilines is 1. The van der Waals surface area contributed by atoms with Crippen LogP contribution in [0.2, 0.25) is 0 Å². The summed E-state index contributed by atoms with van der Waals surface area (Å²) in [5.41, 5.74) is 3.07. The Morgan fingerprint density at radius 3 is 2.75 bits per heavy atom. The van der Waals surface area contributed by atoms with Crippen LogP contribution in [0.1, 0.15) is 16.2 Å². The lowest BCUT2D eigenvalue weighted by Gasteiger charge is -2.16. The molecule has 0 bridgehead atoms. The molecule has 3 rings (SSSR count). The van der Waals surface area contributed by atoms with Crippen molar-refractivity contribution in [3.8, 4) is 0 Å². The van der Waals surface area contributed by atoms with Crippen molar-refractivity contribution in [1.29, 1.82) is 0 Å². The summed E-state index contributed by atoms with van der Waals surface area (Å²) in [5.74, 6) is -1.28. The second-order valence-electron chi connectivity index (χ2n) is 5.56. The van der Waals surface area contributed by atoms with Crippen LogP contribution in [-0.2, 0) is 9.59 Å². The average Bonchev–Trinajstić information content (AvgIpc) is 3.14. The number of hydrogen-bond donors (Lipinski definition) is 1. The Hall–Kier alpha value is -2.54. The van der Waals surface area contributed by atoms with E-state index in [1.165, 1.54) is 34.0 Å². The van der Waals surface area contributed by atoms with Gasteiger partial charge in [0.25, 0.3) is 0 Å². The van der Waals surface area contributed by atoms with E-state index in [9.17, 15) is 14.0 Å². The second-order valence-corrected chi connectivity index (χ2v) is 6.88. The third-order valence-corrected chi connectivity index (χ3v) is 4.70. The van der Waals surface area contributed by atoms with Crippen molar-refractivity contribution in [2.45, 2.75) is 13.3 Å². The summed E-state index contributed by atoms with van der Waals surface area (Å²) in [6.07, 6.45) is 1.71.